The SMILES string of the molecule is CN=C(NCCc1ccc(Cl)nc1)NCC(C)Oc1ccccc1C.I. The number of ether oxygens (including phenoxy) is 1. The van der Waals surface area contributed by atoms with E-state index in [4.69, 9.17) is 16.3 Å². The minimum Gasteiger partial charge on any atom is -0.489 e. The summed E-state index contributed by atoms with van der Waals surface area (Å²) in [7, 11) is 1.76. The van der Waals surface area contributed by atoms with Gasteiger partial charge in [-0.3, -0.25) is 4.99 Å². The summed E-state index contributed by atoms with van der Waals surface area (Å²) in [4.78, 5) is 8.31. The zero-order chi connectivity index (χ0) is 18.1. The van der Waals surface area contributed by atoms with E-state index >= 15 is 0 Å². The molecule has 7 heteroatoms. The molecule has 1 aromatic carbocycles. The summed E-state index contributed by atoms with van der Waals surface area (Å²) in [6, 6.07) is 11.8. The molecule has 0 spiro atoms. The third kappa shape index (κ3) is 7.78. The van der Waals surface area contributed by atoms with Crippen LogP contribution in [-0.2, 0) is 6.42 Å². The van der Waals surface area contributed by atoms with E-state index in [2.05, 4.69) is 20.6 Å². The highest BCUT2D eigenvalue weighted by atomic mass is 127. The largest absolute Gasteiger partial charge is 0.489 e. The lowest BCUT2D eigenvalue weighted by atomic mass is 10.2. The van der Waals surface area contributed by atoms with Crippen LogP contribution in [0.15, 0.2) is 47.6 Å². The summed E-state index contributed by atoms with van der Waals surface area (Å²) >= 11 is 5.79. The topological polar surface area (TPSA) is 58.5 Å². The number of pyridine rings is 1. The number of aromatic nitrogens is 1. The Bertz CT molecular complexity index is 694. The van der Waals surface area contributed by atoms with E-state index in [1.807, 2.05) is 44.2 Å². The van der Waals surface area contributed by atoms with E-state index in [9.17, 15) is 0 Å². The Balaban J connectivity index is 0.00000338. The molecule has 0 radical (unpaired) electrons. The van der Waals surface area contributed by atoms with Crippen LogP contribution in [0.3, 0.4) is 0 Å². The fraction of sp³-hybridized carbons (Fsp3) is 0.368. The zero-order valence-electron chi connectivity index (χ0n) is 15.3. The van der Waals surface area contributed by atoms with Crippen molar-refractivity contribution in [3.8, 4) is 5.75 Å². The predicted molar refractivity (Wildman–Crippen MR) is 119 cm³/mol. The second-order valence-corrected chi connectivity index (χ2v) is 6.20. The highest BCUT2D eigenvalue weighted by Gasteiger charge is 2.07. The first kappa shape index (κ1) is 22.5. The van der Waals surface area contributed by atoms with Crippen molar-refractivity contribution >= 4 is 41.5 Å². The predicted octanol–water partition coefficient (Wildman–Crippen LogP) is 3.84. The van der Waals surface area contributed by atoms with Crippen LogP contribution in [0.2, 0.25) is 5.15 Å². The van der Waals surface area contributed by atoms with Crippen molar-refractivity contribution in [1.29, 1.82) is 0 Å². The number of para-hydroxylation sites is 1. The standard InChI is InChI=1S/C19H25ClN4O.HI/c1-14-6-4-5-7-17(14)25-15(2)12-24-19(21-3)22-11-10-16-8-9-18(20)23-13-16;/h4-9,13,15H,10-12H2,1-3H3,(H2,21,22,24);1H. The maximum atomic E-state index is 5.96. The third-order valence-corrected chi connectivity index (χ3v) is 3.92. The van der Waals surface area contributed by atoms with Crippen LogP contribution in [0.1, 0.15) is 18.1 Å². The van der Waals surface area contributed by atoms with Gasteiger partial charge in [-0.2, -0.15) is 0 Å². The molecule has 0 fully saturated rings. The van der Waals surface area contributed by atoms with E-state index in [-0.39, 0.29) is 30.1 Å². The first-order chi connectivity index (χ1) is 12.1. The van der Waals surface area contributed by atoms with E-state index in [0.29, 0.717) is 11.7 Å². The molecule has 1 unspecified atom stereocenters. The molecule has 26 heavy (non-hydrogen) atoms. The summed E-state index contributed by atoms with van der Waals surface area (Å²) < 4.78 is 5.96. The Kier molecular flexibility index (Phi) is 10.3. The minimum atomic E-state index is 0. The third-order valence-electron chi connectivity index (χ3n) is 3.70. The van der Waals surface area contributed by atoms with Gasteiger partial charge in [0.1, 0.15) is 17.0 Å². The van der Waals surface area contributed by atoms with Gasteiger partial charge in [0.05, 0.1) is 6.54 Å². The molecule has 0 saturated carbocycles. The van der Waals surface area contributed by atoms with Crippen LogP contribution in [0.25, 0.3) is 0 Å². The van der Waals surface area contributed by atoms with Gasteiger partial charge in [-0.25, -0.2) is 4.98 Å². The lowest BCUT2D eigenvalue weighted by molar-refractivity contribution is 0.222. The van der Waals surface area contributed by atoms with Gasteiger partial charge in [-0.15, -0.1) is 24.0 Å². The van der Waals surface area contributed by atoms with Crippen molar-refractivity contribution in [2.45, 2.75) is 26.4 Å². The van der Waals surface area contributed by atoms with Gasteiger partial charge in [0, 0.05) is 19.8 Å². The molecular weight excluding hydrogens is 463 g/mol. The number of guanidine groups is 1. The summed E-state index contributed by atoms with van der Waals surface area (Å²) in [6.45, 7) is 5.50. The van der Waals surface area contributed by atoms with Gasteiger partial charge < -0.3 is 15.4 Å². The number of hydrogen-bond acceptors (Lipinski definition) is 3. The van der Waals surface area contributed by atoms with Crippen LogP contribution >= 0.6 is 35.6 Å². The van der Waals surface area contributed by atoms with Gasteiger partial charge in [0.15, 0.2) is 5.96 Å². The molecule has 2 N–H and O–H groups in total. The Morgan fingerprint density at radius 3 is 2.65 bits per heavy atom. The fourth-order valence-electron chi connectivity index (χ4n) is 2.29. The van der Waals surface area contributed by atoms with Crippen LogP contribution in [-0.4, -0.2) is 37.2 Å². The van der Waals surface area contributed by atoms with Crippen molar-refractivity contribution in [3.63, 3.8) is 0 Å². The van der Waals surface area contributed by atoms with Gasteiger partial charge in [-0.1, -0.05) is 35.9 Å². The monoisotopic (exact) mass is 488 g/mol. The molecule has 5 nitrogen and oxygen atoms in total. The van der Waals surface area contributed by atoms with E-state index in [1.54, 1.807) is 19.3 Å². The number of nitrogens with one attached hydrogen (secondary N) is 2. The number of nitrogens with zero attached hydrogens (tertiary/aromatic N) is 2. The van der Waals surface area contributed by atoms with Crippen molar-refractivity contribution in [1.82, 2.24) is 15.6 Å². The normalized spacial score (nSPS) is 12.1. The average Bonchev–Trinajstić information content (AvgIpc) is 2.61. The molecule has 2 rings (SSSR count). The first-order valence-corrected chi connectivity index (χ1v) is 8.73. The van der Waals surface area contributed by atoms with Crippen LogP contribution < -0.4 is 15.4 Å². The van der Waals surface area contributed by atoms with E-state index < -0.39 is 0 Å². The van der Waals surface area contributed by atoms with Crippen LogP contribution in [0, 0.1) is 6.92 Å². The molecule has 0 aliphatic carbocycles. The van der Waals surface area contributed by atoms with Crippen molar-refractivity contribution in [2.24, 2.45) is 4.99 Å². The number of aryl methyl sites for hydroxylation is 1. The van der Waals surface area contributed by atoms with Gasteiger partial charge in [-0.05, 0) is 43.5 Å². The maximum absolute atomic E-state index is 5.96. The highest BCUT2D eigenvalue weighted by Crippen LogP contribution is 2.17. The Hall–Kier alpha value is -1.54. The lowest BCUT2D eigenvalue weighted by Crippen LogP contribution is -2.42. The number of benzene rings is 1. The smallest absolute Gasteiger partial charge is 0.191 e. The molecule has 2 aromatic rings. The van der Waals surface area contributed by atoms with E-state index in [1.165, 1.54) is 0 Å². The molecule has 1 heterocycles. The molecule has 0 amide bonds. The second-order valence-electron chi connectivity index (χ2n) is 5.81. The fourth-order valence-corrected chi connectivity index (χ4v) is 2.40. The second kappa shape index (κ2) is 12.0. The highest BCUT2D eigenvalue weighted by molar-refractivity contribution is 14.0. The maximum Gasteiger partial charge on any atom is 0.191 e. The first-order valence-electron chi connectivity index (χ1n) is 8.35. The molecule has 1 aromatic heterocycles. The van der Waals surface area contributed by atoms with Crippen molar-refractivity contribution in [2.75, 3.05) is 20.1 Å². The molecular formula is C19H26ClIN4O. The number of aliphatic imine (C=N–C) groups is 1. The van der Waals surface area contributed by atoms with Gasteiger partial charge in [0.2, 0.25) is 0 Å². The van der Waals surface area contributed by atoms with Crippen molar-refractivity contribution in [3.05, 3.63) is 58.9 Å². The van der Waals surface area contributed by atoms with Crippen LogP contribution in [0.4, 0.5) is 0 Å². The number of rotatable bonds is 7. The molecule has 142 valence electrons. The Morgan fingerprint density at radius 2 is 2.00 bits per heavy atom. The average molecular weight is 489 g/mol. The van der Waals surface area contributed by atoms with E-state index in [0.717, 1.165) is 35.8 Å². The molecule has 0 saturated heterocycles. The molecule has 0 aliphatic rings. The summed E-state index contributed by atoms with van der Waals surface area (Å²) in [5, 5.41) is 7.08. The van der Waals surface area contributed by atoms with Gasteiger partial charge >= 0.3 is 0 Å². The minimum absolute atomic E-state index is 0. The summed E-state index contributed by atoms with van der Waals surface area (Å²) in [6.07, 6.45) is 2.67. The Morgan fingerprint density at radius 1 is 1.23 bits per heavy atom. The Labute approximate surface area is 177 Å². The van der Waals surface area contributed by atoms with Gasteiger partial charge in [0.25, 0.3) is 0 Å². The van der Waals surface area contributed by atoms with Crippen LogP contribution in [0.5, 0.6) is 5.75 Å². The number of halogens is 2. The summed E-state index contributed by atoms with van der Waals surface area (Å²) in [5.41, 5.74) is 2.26. The zero-order valence-corrected chi connectivity index (χ0v) is 18.4. The van der Waals surface area contributed by atoms with Crippen molar-refractivity contribution < 1.29 is 4.74 Å². The molecule has 1 atom stereocenters. The summed E-state index contributed by atoms with van der Waals surface area (Å²) in [5.74, 6) is 1.66. The number of hydrogen-bond donors (Lipinski definition) is 2. The quantitative estimate of drug-likeness (QED) is 0.269. The molecule has 0 bridgehead atoms. The molecule has 0 aliphatic heterocycles. The lowest BCUT2D eigenvalue weighted by Gasteiger charge is -2.18.